The summed E-state index contributed by atoms with van der Waals surface area (Å²) in [5.41, 5.74) is 2.40. The van der Waals surface area contributed by atoms with E-state index in [1.165, 1.54) is 0 Å². The van der Waals surface area contributed by atoms with Crippen molar-refractivity contribution in [3.05, 3.63) is 61.5 Å². The molecule has 3 nitrogen and oxygen atoms in total. The van der Waals surface area contributed by atoms with E-state index in [0.717, 1.165) is 10.0 Å². The fourth-order valence-corrected chi connectivity index (χ4v) is 2.72. The fourth-order valence-electron chi connectivity index (χ4n) is 1.83. The summed E-state index contributed by atoms with van der Waals surface area (Å²) in [5.74, 6) is -0.947. The van der Waals surface area contributed by atoms with Crippen LogP contribution < -0.4 is 5.32 Å². The molecule has 0 radical (unpaired) electrons. The molecular formula is C15H12Br2ClNO2. The first-order valence-corrected chi connectivity index (χ1v) is 8.05. The van der Waals surface area contributed by atoms with Crippen molar-refractivity contribution in [2.75, 3.05) is 5.32 Å². The number of anilines is 1. The minimum atomic E-state index is -0.947. The van der Waals surface area contributed by atoms with Crippen LogP contribution in [-0.2, 0) is 4.79 Å². The first-order valence-electron chi connectivity index (χ1n) is 6.09. The van der Waals surface area contributed by atoms with Crippen molar-refractivity contribution in [2.45, 2.75) is 13.0 Å². The molecule has 21 heavy (non-hydrogen) atoms. The molecule has 1 unspecified atom stereocenters. The van der Waals surface area contributed by atoms with E-state index in [-0.39, 0.29) is 0 Å². The first kappa shape index (κ1) is 16.3. The van der Waals surface area contributed by atoms with Crippen LogP contribution >= 0.6 is 43.5 Å². The molecule has 6 heteroatoms. The summed E-state index contributed by atoms with van der Waals surface area (Å²) < 4.78 is 1.59. The van der Waals surface area contributed by atoms with Gasteiger partial charge in [0.1, 0.15) is 0 Å². The zero-order chi connectivity index (χ0) is 15.6. The third-order valence-electron chi connectivity index (χ3n) is 3.01. The minimum Gasteiger partial charge on any atom is -0.479 e. The van der Waals surface area contributed by atoms with Crippen LogP contribution in [0.25, 0.3) is 0 Å². The zero-order valence-corrected chi connectivity index (χ0v) is 15.0. The molecule has 0 aliphatic heterocycles. The maximum atomic E-state index is 11.5. The summed E-state index contributed by atoms with van der Waals surface area (Å²) in [4.78, 5) is 11.5. The molecule has 2 aromatic rings. The number of aliphatic carboxylic acids is 1. The van der Waals surface area contributed by atoms with Gasteiger partial charge in [-0.15, -0.1) is 0 Å². The molecule has 0 bridgehead atoms. The van der Waals surface area contributed by atoms with E-state index in [1.54, 1.807) is 24.3 Å². The van der Waals surface area contributed by atoms with Crippen LogP contribution in [0, 0.1) is 6.92 Å². The zero-order valence-electron chi connectivity index (χ0n) is 11.0. The number of carbonyl (C=O) groups is 1. The lowest BCUT2D eigenvalue weighted by Gasteiger charge is -2.17. The highest BCUT2D eigenvalue weighted by molar-refractivity contribution is 9.10. The Kier molecular flexibility index (Phi) is 5.30. The van der Waals surface area contributed by atoms with E-state index in [9.17, 15) is 9.90 Å². The van der Waals surface area contributed by atoms with E-state index in [4.69, 9.17) is 11.6 Å². The number of nitrogens with one attached hydrogen (secondary N) is 1. The summed E-state index contributed by atoms with van der Waals surface area (Å²) >= 11 is 12.7. The lowest BCUT2D eigenvalue weighted by Crippen LogP contribution is -2.20. The van der Waals surface area contributed by atoms with Gasteiger partial charge >= 0.3 is 5.97 Å². The lowest BCUT2D eigenvalue weighted by atomic mass is 10.0. The third-order valence-corrected chi connectivity index (χ3v) is 5.08. The molecule has 0 aromatic heterocycles. The number of hydrogen-bond acceptors (Lipinski definition) is 2. The van der Waals surface area contributed by atoms with Crippen molar-refractivity contribution in [3.8, 4) is 0 Å². The molecule has 0 spiro atoms. The Morgan fingerprint density at radius 2 is 1.90 bits per heavy atom. The maximum absolute atomic E-state index is 11.5. The molecule has 0 fully saturated rings. The Labute approximate surface area is 144 Å². The molecule has 0 saturated heterocycles. The lowest BCUT2D eigenvalue weighted by molar-refractivity contribution is -0.138. The van der Waals surface area contributed by atoms with Crippen LogP contribution in [0.3, 0.4) is 0 Å². The van der Waals surface area contributed by atoms with E-state index < -0.39 is 12.0 Å². The summed E-state index contributed by atoms with van der Waals surface area (Å²) in [6.45, 7) is 1.95. The largest absolute Gasteiger partial charge is 0.479 e. The molecule has 0 saturated carbocycles. The third kappa shape index (κ3) is 3.99. The number of carboxylic acid groups (broad SMARTS) is 1. The minimum absolute atomic E-state index is 0.575. The van der Waals surface area contributed by atoms with Gasteiger partial charge < -0.3 is 10.4 Å². The molecule has 2 rings (SSSR count). The quantitative estimate of drug-likeness (QED) is 0.678. The van der Waals surface area contributed by atoms with Gasteiger partial charge in [-0.1, -0.05) is 39.7 Å². The molecule has 2 N–H and O–H groups in total. The van der Waals surface area contributed by atoms with E-state index in [1.807, 2.05) is 19.1 Å². The highest BCUT2D eigenvalue weighted by atomic mass is 79.9. The average Bonchev–Trinajstić information content (AvgIpc) is 2.43. The highest BCUT2D eigenvalue weighted by Crippen LogP contribution is 2.29. The van der Waals surface area contributed by atoms with Crippen molar-refractivity contribution < 1.29 is 9.90 Å². The van der Waals surface area contributed by atoms with Crippen LogP contribution in [0.4, 0.5) is 5.69 Å². The van der Waals surface area contributed by atoms with Crippen molar-refractivity contribution in [3.63, 3.8) is 0 Å². The molecule has 0 heterocycles. The SMILES string of the molecule is Cc1ccc(C(Nc2ccc(Cl)c(Br)c2)C(=O)O)cc1Br. The van der Waals surface area contributed by atoms with Crippen LogP contribution in [-0.4, -0.2) is 11.1 Å². The predicted molar refractivity (Wildman–Crippen MR) is 92.0 cm³/mol. The van der Waals surface area contributed by atoms with Crippen LogP contribution in [0.15, 0.2) is 45.3 Å². The Balaban J connectivity index is 2.32. The van der Waals surface area contributed by atoms with Gasteiger partial charge in [-0.3, -0.25) is 0 Å². The van der Waals surface area contributed by atoms with Crippen LogP contribution in [0.1, 0.15) is 17.2 Å². The Hall–Kier alpha value is -1.04. The second-order valence-electron chi connectivity index (χ2n) is 4.55. The predicted octanol–water partition coefficient (Wildman–Crippen LogP) is 5.41. The Morgan fingerprint density at radius 3 is 2.48 bits per heavy atom. The summed E-state index contributed by atoms with van der Waals surface area (Å²) in [6, 6.07) is 9.86. The molecule has 2 aromatic carbocycles. The van der Waals surface area contributed by atoms with Gasteiger partial charge in [0.25, 0.3) is 0 Å². The molecule has 1 atom stereocenters. The summed E-state index contributed by atoms with van der Waals surface area (Å²) in [6.07, 6.45) is 0. The molecular weight excluding hydrogens is 421 g/mol. The van der Waals surface area contributed by atoms with Gasteiger partial charge in [0.2, 0.25) is 0 Å². The van der Waals surface area contributed by atoms with Gasteiger partial charge in [0, 0.05) is 14.6 Å². The number of aryl methyl sites for hydroxylation is 1. The standard InChI is InChI=1S/C15H12Br2ClNO2/c1-8-2-3-9(6-11(8)16)14(15(20)21)19-10-4-5-13(18)12(17)7-10/h2-7,14,19H,1H3,(H,20,21). The molecule has 110 valence electrons. The Morgan fingerprint density at radius 1 is 1.19 bits per heavy atom. The number of benzene rings is 2. The topological polar surface area (TPSA) is 49.3 Å². The van der Waals surface area contributed by atoms with Crippen LogP contribution in [0.2, 0.25) is 5.02 Å². The van der Waals surface area contributed by atoms with Crippen molar-refractivity contribution in [2.24, 2.45) is 0 Å². The second kappa shape index (κ2) is 6.81. The van der Waals surface area contributed by atoms with Crippen molar-refractivity contribution in [1.82, 2.24) is 0 Å². The normalized spacial score (nSPS) is 12.0. The van der Waals surface area contributed by atoms with Crippen LogP contribution in [0.5, 0.6) is 0 Å². The monoisotopic (exact) mass is 431 g/mol. The smallest absolute Gasteiger partial charge is 0.330 e. The van der Waals surface area contributed by atoms with E-state index in [2.05, 4.69) is 37.2 Å². The molecule has 0 aliphatic rings. The van der Waals surface area contributed by atoms with Crippen molar-refractivity contribution >= 4 is 55.1 Å². The van der Waals surface area contributed by atoms with Gasteiger partial charge in [-0.25, -0.2) is 4.79 Å². The second-order valence-corrected chi connectivity index (χ2v) is 6.67. The van der Waals surface area contributed by atoms with Gasteiger partial charge in [-0.05, 0) is 58.2 Å². The molecule has 0 amide bonds. The highest BCUT2D eigenvalue weighted by Gasteiger charge is 2.20. The van der Waals surface area contributed by atoms with Gasteiger partial charge in [0.15, 0.2) is 6.04 Å². The van der Waals surface area contributed by atoms with Gasteiger partial charge in [0.05, 0.1) is 5.02 Å². The average molecular weight is 434 g/mol. The van der Waals surface area contributed by atoms with E-state index >= 15 is 0 Å². The van der Waals surface area contributed by atoms with Gasteiger partial charge in [-0.2, -0.15) is 0 Å². The summed E-state index contributed by atoms with van der Waals surface area (Å²) in [7, 11) is 0. The van der Waals surface area contributed by atoms with E-state index in [0.29, 0.717) is 20.7 Å². The fraction of sp³-hybridized carbons (Fsp3) is 0.133. The molecule has 0 aliphatic carbocycles. The number of rotatable bonds is 4. The summed E-state index contributed by atoms with van der Waals surface area (Å²) in [5, 5.41) is 13.0. The number of hydrogen-bond donors (Lipinski definition) is 2. The maximum Gasteiger partial charge on any atom is 0.330 e. The first-order chi connectivity index (χ1) is 9.88. The number of halogens is 3. The number of carboxylic acids is 1. The Bertz CT molecular complexity index is 691. The van der Waals surface area contributed by atoms with Crippen molar-refractivity contribution in [1.29, 1.82) is 0 Å².